The van der Waals surface area contributed by atoms with E-state index in [1.807, 2.05) is 0 Å². The lowest BCUT2D eigenvalue weighted by Gasteiger charge is -2.36. The molecule has 0 spiro atoms. The van der Waals surface area contributed by atoms with E-state index in [1.54, 1.807) is 18.1 Å². The van der Waals surface area contributed by atoms with Gasteiger partial charge >= 0.3 is 6.36 Å². The standard InChI is InChI=1S/C20H25F3O/c1-14-2-4-15(5-3-14)16-6-8-17(9-7-16)18-10-12-19(13-11-18)24-20(21,22)23/h10-14,16H,2-9H2,1H3. The van der Waals surface area contributed by atoms with Gasteiger partial charge in [0.1, 0.15) is 5.75 Å². The predicted molar refractivity (Wildman–Crippen MR) is 88.3 cm³/mol. The van der Waals surface area contributed by atoms with E-state index < -0.39 is 6.36 Å². The van der Waals surface area contributed by atoms with E-state index in [9.17, 15) is 13.2 Å². The van der Waals surface area contributed by atoms with Crippen LogP contribution >= 0.6 is 0 Å². The summed E-state index contributed by atoms with van der Waals surface area (Å²) in [6, 6.07) is 6.34. The van der Waals surface area contributed by atoms with Crippen molar-refractivity contribution in [3.63, 3.8) is 0 Å². The van der Waals surface area contributed by atoms with Crippen molar-refractivity contribution >= 4 is 0 Å². The third kappa shape index (κ3) is 4.67. The summed E-state index contributed by atoms with van der Waals surface area (Å²) < 4.78 is 40.6. The van der Waals surface area contributed by atoms with Crippen LogP contribution in [0.3, 0.4) is 0 Å². The first-order chi connectivity index (χ1) is 11.4. The molecule has 0 aliphatic heterocycles. The fourth-order valence-corrected chi connectivity index (χ4v) is 4.10. The maximum atomic E-state index is 12.2. The molecule has 2 aliphatic rings. The maximum Gasteiger partial charge on any atom is 0.573 e. The second-order valence-electron chi connectivity index (χ2n) is 7.29. The smallest absolute Gasteiger partial charge is 0.406 e. The molecule has 3 rings (SSSR count). The van der Waals surface area contributed by atoms with E-state index in [2.05, 4.69) is 11.7 Å². The summed E-state index contributed by atoms with van der Waals surface area (Å²) in [5.41, 5.74) is 1.06. The number of alkyl halides is 3. The fraction of sp³-hybridized carbons (Fsp3) is 0.600. The van der Waals surface area contributed by atoms with Crippen LogP contribution in [0, 0.1) is 23.7 Å². The summed E-state index contributed by atoms with van der Waals surface area (Å²) in [4.78, 5) is 0. The molecule has 132 valence electrons. The van der Waals surface area contributed by atoms with Gasteiger partial charge in [-0.1, -0.05) is 31.9 Å². The molecule has 24 heavy (non-hydrogen) atoms. The quantitative estimate of drug-likeness (QED) is 0.612. The normalized spacial score (nSPS) is 22.7. The SMILES string of the molecule is CC1CC[C](C2CC[C](c3ccc(OC(F)(F)F)cc3)CC2)CC1. The van der Waals surface area contributed by atoms with Gasteiger partial charge < -0.3 is 4.74 Å². The van der Waals surface area contributed by atoms with Crippen LogP contribution in [-0.4, -0.2) is 6.36 Å². The lowest BCUT2D eigenvalue weighted by atomic mass is 9.68. The second kappa shape index (κ2) is 7.37. The topological polar surface area (TPSA) is 9.23 Å². The van der Waals surface area contributed by atoms with Crippen molar-refractivity contribution in [2.24, 2.45) is 11.8 Å². The summed E-state index contributed by atoms with van der Waals surface area (Å²) >= 11 is 0. The molecule has 2 saturated carbocycles. The minimum Gasteiger partial charge on any atom is -0.406 e. The van der Waals surface area contributed by atoms with Gasteiger partial charge in [-0.15, -0.1) is 13.2 Å². The summed E-state index contributed by atoms with van der Waals surface area (Å²) in [7, 11) is 0. The molecule has 4 heteroatoms. The molecule has 1 aromatic rings. The van der Waals surface area contributed by atoms with E-state index in [1.165, 1.54) is 56.6 Å². The van der Waals surface area contributed by atoms with Crippen molar-refractivity contribution in [2.45, 2.75) is 64.7 Å². The van der Waals surface area contributed by atoms with E-state index in [-0.39, 0.29) is 5.75 Å². The van der Waals surface area contributed by atoms with E-state index in [4.69, 9.17) is 0 Å². The minimum absolute atomic E-state index is 0.146. The molecule has 0 N–H and O–H groups in total. The highest BCUT2D eigenvalue weighted by molar-refractivity contribution is 5.36. The maximum absolute atomic E-state index is 12.2. The van der Waals surface area contributed by atoms with Crippen molar-refractivity contribution in [1.29, 1.82) is 0 Å². The lowest BCUT2D eigenvalue weighted by molar-refractivity contribution is -0.274. The molecule has 0 saturated heterocycles. The Morgan fingerprint density at radius 2 is 1.46 bits per heavy atom. The first-order valence-corrected chi connectivity index (χ1v) is 8.96. The van der Waals surface area contributed by atoms with Gasteiger partial charge in [-0.05, 0) is 74.0 Å². The molecular weight excluding hydrogens is 313 g/mol. The Kier molecular flexibility index (Phi) is 5.41. The molecule has 0 atom stereocenters. The van der Waals surface area contributed by atoms with Gasteiger partial charge in [-0.3, -0.25) is 0 Å². The summed E-state index contributed by atoms with van der Waals surface area (Å²) in [5.74, 6) is 4.62. The van der Waals surface area contributed by atoms with Gasteiger partial charge in [0.05, 0.1) is 0 Å². The van der Waals surface area contributed by atoms with Crippen LogP contribution in [0.4, 0.5) is 13.2 Å². The molecule has 0 heterocycles. The highest BCUT2D eigenvalue weighted by Gasteiger charge is 2.32. The third-order valence-electron chi connectivity index (χ3n) is 5.58. The highest BCUT2D eigenvalue weighted by Crippen LogP contribution is 2.44. The van der Waals surface area contributed by atoms with E-state index in [0.29, 0.717) is 0 Å². The zero-order valence-corrected chi connectivity index (χ0v) is 14.2. The van der Waals surface area contributed by atoms with Crippen molar-refractivity contribution in [3.8, 4) is 5.75 Å². The summed E-state index contributed by atoms with van der Waals surface area (Å²) in [5, 5.41) is 0. The highest BCUT2D eigenvalue weighted by atomic mass is 19.4. The Morgan fingerprint density at radius 3 is 2.00 bits per heavy atom. The Morgan fingerprint density at radius 1 is 0.875 bits per heavy atom. The molecule has 2 fully saturated rings. The van der Waals surface area contributed by atoms with Crippen LogP contribution in [0.15, 0.2) is 24.3 Å². The van der Waals surface area contributed by atoms with E-state index >= 15 is 0 Å². The van der Waals surface area contributed by atoms with Gasteiger partial charge in [0, 0.05) is 5.92 Å². The molecule has 0 bridgehead atoms. The largest absolute Gasteiger partial charge is 0.573 e. The minimum atomic E-state index is -4.62. The van der Waals surface area contributed by atoms with Gasteiger partial charge in [0.2, 0.25) is 0 Å². The first-order valence-electron chi connectivity index (χ1n) is 8.96. The molecular formula is C20H25F3O. The van der Waals surface area contributed by atoms with Gasteiger partial charge in [0.25, 0.3) is 0 Å². The Bertz CT molecular complexity index is 507. The van der Waals surface area contributed by atoms with Crippen molar-refractivity contribution in [3.05, 3.63) is 41.7 Å². The van der Waals surface area contributed by atoms with Crippen LogP contribution in [0.5, 0.6) is 5.75 Å². The monoisotopic (exact) mass is 338 g/mol. The Labute approximate surface area is 142 Å². The molecule has 0 amide bonds. The van der Waals surface area contributed by atoms with Crippen LogP contribution < -0.4 is 4.74 Å². The third-order valence-corrected chi connectivity index (χ3v) is 5.58. The number of benzene rings is 1. The van der Waals surface area contributed by atoms with Gasteiger partial charge in [0.15, 0.2) is 0 Å². The zero-order valence-electron chi connectivity index (χ0n) is 14.2. The Balaban J connectivity index is 1.51. The first kappa shape index (κ1) is 17.6. The zero-order chi connectivity index (χ0) is 17.2. The average Bonchev–Trinajstić information content (AvgIpc) is 2.55. The molecule has 2 aliphatic carbocycles. The summed E-state index contributed by atoms with van der Waals surface area (Å²) in [6.07, 6.45) is 5.15. The molecule has 1 aromatic carbocycles. The van der Waals surface area contributed by atoms with Gasteiger partial charge in [-0.2, -0.15) is 0 Å². The lowest BCUT2D eigenvalue weighted by Crippen LogP contribution is -2.23. The van der Waals surface area contributed by atoms with Crippen molar-refractivity contribution in [2.75, 3.05) is 0 Å². The molecule has 2 radical (unpaired) electrons. The van der Waals surface area contributed by atoms with Crippen molar-refractivity contribution in [1.82, 2.24) is 0 Å². The van der Waals surface area contributed by atoms with E-state index in [0.717, 1.165) is 30.2 Å². The number of rotatable bonds is 3. The number of ether oxygens (including phenoxy) is 1. The number of halogens is 3. The molecule has 1 nitrogen and oxygen atoms in total. The average molecular weight is 338 g/mol. The molecule has 0 unspecified atom stereocenters. The predicted octanol–water partition coefficient (Wildman–Crippen LogP) is 6.48. The fourth-order valence-electron chi connectivity index (χ4n) is 4.10. The van der Waals surface area contributed by atoms with Crippen molar-refractivity contribution < 1.29 is 17.9 Å². The van der Waals surface area contributed by atoms with Crippen LogP contribution in [0.25, 0.3) is 0 Å². The Hall–Kier alpha value is -1.19. The number of hydrogen-bond donors (Lipinski definition) is 0. The summed E-state index contributed by atoms with van der Waals surface area (Å²) in [6.45, 7) is 2.34. The molecule has 0 aromatic heterocycles. The van der Waals surface area contributed by atoms with Crippen LogP contribution in [0.2, 0.25) is 0 Å². The van der Waals surface area contributed by atoms with Gasteiger partial charge in [-0.25, -0.2) is 0 Å². The van der Waals surface area contributed by atoms with Crippen LogP contribution in [-0.2, 0) is 0 Å². The number of hydrogen-bond acceptors (Lipinski definition) is 1. The van der Waals surface area contributed by atoms with Crippen LogP contribution in [0.1, 0.15) is 63.9 Å². The second-order valence-corrected chi connectivity index (χ2v) is 7.29.